The van der Waals surface area contributed by atoms with Crippen LogP contribution in [0.2, 0.25) is 0 Å². The van der Waals surface area contributed by atoms with E-state index in [1.807, 2.05) is 39.0 Å². The molecule has 0 aliphatic carbocycles. The Balaban J connectivity index is 2.49. The van der Waals surface area contributed by atoms with Crippen molar-refractivity contribution in [3.05, 3.63) is 58.5 Å². The van der Waals surface area contributed by atoms with Crippen molar-refractivity contribution in [2.75, 3.05) is 0 Å². The summed E-state index contributed by atoms with van der Waals surface area (Å²) < 4.78 is 5.23. The summed E-state index contributed by atoms with van der Waals surface area (Å²) in [6, 6.07) is 7.67. The predicted octanol–water partition coefficient (Wildman–Crippen LogP) is 3.44. The highest BCUT2D eigenvalue weighted by Gasteiger charge is 2.16. The van der Waals surface area contributed by atoms with Crippen LogP contribution < -0.4 is 0 Å². The van der Waals surface area contributed by atoms with Crippen molar-refractivity contribution in [2.45, 2.75) is 20.8 Å². The van der Waals surface area contributed by atoms with Gasteiger partial charge >= 0.3 is 0 Å². The third kappa shape index (κ3) is 1.78. The normalized spacial score (nSPS) is 10.4. The number of rotatable bonds is 2. The van der Waals surface area contributed by atoms with Crippen molar-refractivity contribution in [2.24, 2.45) is 0 Å². The molecule has 0 bridgehead atoms. The van der Waals surface area contributed by atoms with Crippen molar-refractivity contribution < 1.29 is 9.21 Å². The summed E-state index contributed by atoms with van der Waals surface area (Å²) in [6.45, 7) is 5.79. The second-order valence-electron chi connectivity index (χ2n) is 4.08. The number of ketones is 1. The van der Waals surface area contributed by atoms with Gasteiger partial charge in [0.15, 0.2) is 5.76 Å². The van der Waals surface area contributed by atoms with Crippen molar-refractivity contribution in [1.82, 2.24) is 0 Å². The van der Waals surface area contributed by atoms with E-state index < -0.39 is 0 Å². The standard InChI is InChI=1S/C14H14O2/c1-9-4-5-10(2)12(8-9)13(15)14-11(3)6-7-16-14/h4-8H,1-3H3. The first kappa shape index (κ1) is 10.7. The molecule has 0 saturated carbocycles. The van der Waals surface area contributed by atoms with Crippen LogP contribution in [0, 0.1) is 20.8 Å². The van der Waals surface area contributed by atoms with E-state index in [0.717, 1.165) is 22.3 Å². The van der Waals surface area contributed by atoms with Gasteiger partial charge in [0.1, 0.15) is 0 Å². The third-order valence-electron chi connectivity index (χ3n) is 2.71. The minimum absolute atomic E-state index is 0.0382. The van der Waals surface area contributed by atoms with Crippen LogP contribution in [0.4, 0.5) is 0 Å². The maximum absolute atomic E-state index is 12.2. The van der Waals surface area contributed by atoms with Gasteiger partial charge in [0.2, 0.25) is 5.78 Å². The van der Waals surface area contributed by atoms with E-state index >= 15 is 0 Å². The Morgan fingerprint density at radius 2 is 1.81 bits per heavy atom. The average Bonchev–Trinajstić information content (AvgIpc) is 2.67. The van der Waals surface area contributed by atoms with Gasteiger partial charge in [0, 0.05) is 5.56 Å². The van der Waals surface area contributed by atoms with E-state index in [-0.39, 0.29) is 5.78 Å². The number of hydrogen-bond donors (Lipinski definition) is 0. The number of benzene rings is 1. The quantitative estimate of drug-likeness (QED) is 0.717. The lowest BCUT2D eigenvalue weighted by atomic mass is 9.99. The van der Waals surface area contributed by atoms with Gasteiger partial charge in [-0.1, -0.05) is 17.7 Å². The molecule has 1 aromatic carbocycles. The van der Waals surface area contributed by atoms with E-state index in [1.165, 1.54) is 0 Å². The van der Waals surface area contributed by atoms with Gasteiger partial charge in [-0.15, -0.1) is 0 Å². The zero-order chi connectivity index (χ0) is 11.7. The van der Waals surface area contributed by atoms with Crippen LogP contribution in [0.25, 0.3) is 0 Å². The van der Waals surface area contributed by atoms with Gasteiger partial charge < -0.3 is 4.42 Å². The molecule has 2 aromatic rings. The highest BCUT2D eigenvalue weighted by Crippen LogP contribution is 2.18. The number of hydrogen-bond acceptors (Lipinski definition) is 2. The minimum Gasteiger partial charge on any atom is -0.461 e. The Kier molecular flexibility index (Phi) is 2.65. The fraction of sp³-hybridized carbons (Fsp3) is 0.214. The first-order valence-corrected chi connectivity index (χ1v) is 5.25. The third-order valence-corrected chi connectivity index (χ3v) is 2.71. The number of furan rings is 1. The first-order valence-electron chi connectivity index (χ1n) is 5.25. The predicted molar refractivity (Wildman–Crippen MR) is 62.8 cm³/mol. The van der Waals surface area contributed by atoms with Gasteiger partial charge in [-0.05, 0) is 44.0 Å². The molecule has 0 radical (unpaired) electrons. The fourth-order valence-corrected chi connectivity index (χ4v) is 1.71. The van der Waals surface area contributed by atoms with Crippen LogP contribution in [0.15, 0.2) is 34.9 Å². The average molecular weight is 214 g/mol. The zero-order valence-corrected chi connectivity index (χ0v) is 9.70. The summed E-state index contributed by atoms with van der Waals surface area (Å²) in [7, 11) is 0. The smallest absolute Gasteiger partial charge is 0.228 e. The molecule has 16 heavy (non-hydrogen) atoms. The van der Waals surface area contributed by atoms with E-state index in [1.54, 1.807) is 12.3 Å². The molecule has 1 aromatic heterocycles. The molecule has 2 nitrogen and oxygen atoms in total. The summed E-state index contributed by atoms with van der Waals surface area (Å²) >= 11 is 0. The second kappa shape index (κ2) is 3.97. The summed E-state index contributed by atoms with van der Waals surface area (Å²) in [5.74, 6) is 0.400. The van der Waals surface area contributed by atoms with Gasteiger partial charge in [0.25, 0.3) is 0 Å². The number of carbonyl (C=O) groups is 1. The molecule has 0 fully saturated rings. The Morgan fingerprint density at radius 1 is 1.06 bits per heavy atom. The SMILES string of the molecule is Cc1ccc(C)c(C(=O)c2occc2C)c1. The molecule has 0 N–H and O–H groups in total. The summed E-state index contributed by atoms with van der Waals surface area (Å²) in [4.78, 5) is 12.2. The molecule has 82 valence electrons. The molecule has 2 heteroatoms. The van der Waals surface area contributed by atoms with Gasteiger partial charge in [-0.3, -0.25) is 4.79 Å². The highest BCUT2D eigenvalue weighted by molar-refractivity contribution is 6.09. The van der Waals surface area contributed by atoms with Crippen molar-refractivity contribution in [3.63, 3.8) is 0 Å². The lowest BCUT2D eigenvalue weighted by Gasteiger charge is -2.04. The molecule has 0 saturated heterocycles. The van der Waals surface area contributed by atoms with Gasteiger partial charge in [-0.2, -0.15) is 0 Å². The van der Waals surface area contributed by atoms with Crippen LogP contribution in [-0.2, 0) is 0 Å². The van der Waals surface area contributed by atoms with Crippen LogP contribution in [0.5, 0.6) is 0 Å². The van der Waals surface area contributed by atoms with E-state index in [0.29, 0.717) is 5.76 Å². The minimum atomic E-state index is -0.0382. The molecular weight excluding hydrogens is 200 g/mol. The summed E-state index contributed by atoms with van der Waals surface area (Å²) in [5.41, 5.74) is 3.66. The van der Waals surface area contributed by atoms with E-state index in [4.69, 9.17) is 4.42 Å². The topological polar surface area (TPSA) is 30.2 Å². The van der Waals surface area contributed by atoms with E-state index in [9.17, 15) is 4.79 Å². The lowest BCUT2D eigenvalue weighted by molar-refractivity contribution is 0.101. The van der Waals surface area contributed by atoms with E-state index in [2.05, 4.69) is 0 Å². The van der Waals surface area contributed by atoms with Crippen LogP contribution in [0.3, 0.4) is 0 Å². The summed E-state index contributed by atoms with van der Waals surface area (Å²) in [6.07, 6.45) is 1.55. The molecule has 0 aliphatic heterocycles. The largest absolute Gasteiger partial charge is 0.461 e. The highest BCUT2D eigenvalue weighted by atomic mass is 16.3. The number of carbonyl (C=O) groups excluding carboxylic acids is 1. The molecule has 0 amide bonds. The Hall–Kier alpha value is -1.83. The van der Waals surface area contributed by atoms with Crippen LogP contribution >= 0.6 is 0 Å². The van der Waals surface area contributed by atoms with Gasteiger partial charge in [-0.25, -0.2) is 0 Å². The molecule has 0 unspecified atom stereocenters. The van der Waals surface area contributed by atoms with Crippen LogP contribution in [0.1, 0.15) is 32.8 Å². The maximum Gasteiger partial charge on any atom is 0.228 e. The molecule has 2 rings (SSSR count). The zero-order valence-electron chi connectivity index (χ0n) is 9.70. The molecule has 1 heterocycles. The van der Waals surface area contributed by atoms with Gasteiger partial charge in [0.05, 0.1) is 6.26 Å². The van der Waals surface area contributed by atoms with Crippen molar-refractivity contribution >= 4 is 5.78 Å². The van der Waals surface area contributed by atoms with Crippen molar-refractivity contribution in [3.8, 4) is 0 Å². The second-order valence-corrected chi connectivity index (χ2v) is 4.08. The Bertz CT molecular complexity index is 535. The van der Waals surface area contributed by atoms with Crippen LogP contribution in [-0.4, -0.2) is 5.78 Å². The molecule has 0 spiro atoms. The fourth-order valence-electron chi connectivity index (χ4n) is 1.71. The molecular formula is C14H14O2. The summed E-state index contributed by atoms with van der Waals surface area (Å²) in [5, 5.41) is 0. The number of aryl methyl sites for hydroxylation is 3. The first-order chi connectivity index (χ1) is 7.59. The molecule has 0 atom stereocenters. The lowest BCUT2D eigenvalue weighted by Crippen LogP contribution is -2.04. The monoisotopic (exact) mass is 214 g/mol. The maximum atomic E-state index is 12.2. The van der Waals surface area contributed by atoms with Crippen molar-refractivity contribution in [1.29, 1.82) is 0 Å². The Morgan fingerprint density at radius 3 is 2.44 bits per heavy atom. The Labute approximate surface area is 94.9 Å². The molecule has 0 aliphatic rings.